The molecule has 3 nitrogen and oxygen atoms in total. The number of carbonyl (C=O) groups is 1. The molecule has 0 aliphatic heterocycles. The summed E-state index contributed by atoms with van der Waals surface area (Å²) < 4.78 is 5.65. The Balaban J connectivity index is 1.80. The van der Waals surface area contributed by atoms with Crippen LogP contribution in [0.1, 0.15) is 27.2 Å². The fourth-order valence-electron chi connectivity index (χ4n) is 2.38. The van der Waals surface area contributed by atoms with Crippen molar-refractivity contribution in [2.24, 2.45) is 0 Å². The Bertz CT molecular complexity index is 834. The molecule has 22 heavy (non-hydrogen) atoms. The maximum atomic E-state index is 12.3. The highest BCUT2D eigenvalue weighted by atomic mass is 35.5. The standard InChI is InChI=1S/C18H16ClNO2/c1-11-3-5-13(6-4-11)10-20-18(21)17-12(2)15-9-14(19)7-8-16(15)22-17/h3-9H,10H2,1-2H3,(H,20,21). The molecule has 3 rings (SSSR count). The van der Waals surface area contributed by atoms with Gasteiger partial charge in [-0.25, -0.2) is 0 Å². The van der Waals surface area contributed by atoms with Crippen LogP contribution in [0.3, 0.4) is 0 Å². The third-order valence-corrected chi connectivity index (χ3v) is 3.91. The lowest BCUT2D eigenvalue weighted by Crippen LogP contribution is -2.22. The summed E-state index contributed by atoms with van der Waals surface area (Å²) in [7, 11) is 0. The van der Waals surface area contributed by atoms with Crippen LogP contribution in [-0.4, -0.2) is 5.91 Å². The van der Waals surface area contributed by atoms with E-state index < -0.39 is 0 Å². The molecule has 2 aromatic carbocycles. The number of aryl methyl sites for hydroxylation is 2. The highest BCUT2D eigenvalue weighted by Crippen LogP contribution is 2.27. The molecular formula is C18H16ClNO2. The van der Waals surface area contributed by atoms with Gasteiger partial charge in [0, 0.05) is 22.5 Å². The van der Waals surface area contributed by atoms with Gasteiger partial charge in [-0.3, -0.25) is 4.79 Å². The first-order valence-electron chi connectivity index (χ1n) is 7.07. The largest absolute Gasteiger partial charge is 0.451 e. The SMILES string of the molecule is Cc1ccc(CNC(=O)c2oc3ccc(Cl)cc3c2C)cc1. The van der Waals surface area contributed by atoms with Gasteiger partial charge in [0.15, 0.2) is 5.76 Å². The van der Waals surface area contributed by atoms with E-state index in [4.69, 9.17) is 16.0 Å². The first-order chi connectivity index (χ1) is 10.5. The average molecular weight is 314 g/mol. The molecule has 0 atom stereocenters. The summed E-state index contributed by atoms with van der Waals surface area (Å²) in [6.45, 7) is 4.37. The second-order valence-corrected chi connectivity index (χ2v) is 5.80. The van der Waals surface area contributed by atoms with Gasteiger partial charge >= 0.3 is 0 Å². The summed E-state index contributed by atoms with van der Waals surface area (Å²) in [6.07, 6.45) is 0. The summed E-state index contributed by atoms with van der Waals surface area (Å²) in [5.74, 6) is 0.120. The second kappa shape index (κ2) is 5.85. The predicted octanol–water partition coefficient (Wildman–Crippen LogP) is 4.63. The normalized spacial score (nSPS) is 10.9. The van der Waals surface area contributed by atoms with Crippen molar-refractivity contribution >= 4 is 28.5 Å². The Labute approximate surface area is 133 Å². The van der Waals surface area contributed by atoms with Crippen molar-refractivity contribution in [3.63, 3.8) is 0 Å². The molecule has 0 aliphatic rings. The zero-order valence-corrected chi connectivity index (χ0v) is 13.2. The Kier molecular flexibility index (Phi) is 3.90. The number of rotatable bonds is 3. The van der Waals surface area contributed by atoms with Gasteiger partial charge in [-0.1, -0.05) is 41.4 Å². The first-order valence-corrected chi connectivity index (χ1v) is 7.45. The number of fused-ring (bicyclic) bond motifs is 1. The fraction of sp³-hybridized carbons (Fsp3) is 0.167. The second-order valence-electron chi connectivity index (χ2n) is 5.36. The number of furan rings is 1. The maximum Gasteiger partial charge on any atom is 0.287 e. The molecule has 0 bridgehead atoms. The van der Waals surface area contributed by atoms with Crippen LogP contribution < -0.4 is 5.32 Å². The van der Waals surface area contributed by atoms with Gasteiger partial charge < -0.3 is 9.73 Å². The molecule has 112 valence electrons. The van der Waals surface area contributed by atoms with Gasteiger partial charge in [-0.15, -0.1) is 0 Å². The fourth-order valence-corrected chi connectivity index (χ4v) is 2.55. The highest BCUT2D eigenvalue weighted by molar-refractivity contribution is 6.31. The van der Waals surface area contributed by atoms with Crippen molar-refractivity contribution in [2.75, 3.05) is 0 Å². The molecule has 1 aromatic heterocycles. The molecule has 3 aromatic rings. The van der Waals surface area contributed by atoms with Crippen molar-refractivity contribution in [2.45, 2.75) is 20.4 Å². The van der Waals surface area contributed by atoms with E-state index in [1.165, 1.54) is 5.56 Å². The van der Waals surface area contributed by atoms with Gasteiger partial charge in [0.1, 0.15) is 5.58 Å². The summed E-state index contributed by atoms with van der Waals surface area (Å²) in [5.41, 5.74) is 3.72. The van der Waals surface area contributed by atoms with E-state index in [1.807, 2.05) is 44.2 Å². The smallest absolute Gasteiger partial charge is 0.287 e. The van der Waals surface area contributed by atoms with E-state index in [9.17, 15) is 4.79 Å². The van der Waals surface area contributed by atoms with Crippen molar-refractivity contribution < 1.29 is 9.21 Å². The van der Waals surface area contributed by atoms with Crippen LogP contribution >= 0.6 is 11.6 Å². The number of carbonyl (C=O) groups excluding carboxylic acids is 1. The minimum Gasteiger partial charge on any atom is -0.451 e. The molecule has 0 fully saturated rings. The summed E-state index contributed by atoms with van der Waals surface area (Å²) in [5, 5.41) is 4.38. The molecule has 0 spiro atoms. The van der Waals surface area contributed by atoms with Crippen LogP contribution in [0.2, 0.25) is 5.02 Å². The van der Waals surface area contributed by atoms with Crippen LogP contribution in [0.4, 0.5) is 0 Å². The van der Waals surface area contributed by atoms with Gasteiger partial charge in [0.05, 0.1) is 0 Å². The molecule has 1 N–H and O–H groups in total. The topological polar surface area (TPSA) is 42.2 Å². The monoisotopic (exact) mass is 313 g/mol. The number of amides is 1. The lowest BCUT2D eigenvalue weighted by atomic mass is 10.1. The number of hydrogen-bond acceptors (Lipinski definition) is 2. The van der Waals surface area contributed by atoms with Crippen LogP contribution in [0.15, 0.2) is 46.9 Å². The van der Waals surface area contributed by atoms with E-state index in [1.54, 1.807) is 12.1 Å². The molecule has 1 heterocycles. The van der Waals surface area contributed by atoms with Gasteiger partial charge in [-0.05, 0) is 37.6 Å². The number of halogens is 1. The number of nitrogens with one attached hydrogen (secondary N) is 1. The number of hydrogen-bond donors (Lipinski definition) is 1. The van der Waals surface area contributed by atoms with Crippen molar-refractivity contribution in [1.82, 2.24) is 5.32 Å². The highest BCUT2D eigenvalue weighted by Gasteiger charge is 2.17. The van der Waals surface area contributed by atoms with E-state index in [-0.39, 0.29) is 5.91 Å². The average Bonchev–Trinajstić information content (AvgIpc) is 2.83. The third-order valence-electron chi connectivity index (χ3n) is 3.68. The molecule has 0 saturated heterocycles. The quantitative estimate of drug-likeness (QED) is 0.765. The first kappa shape index (κ1) is 14.7. The molecule has 0 radical (unpaired) electrons. The van der Waals surface area contributed by atoms with Crippen LogP contribution in [0.25, 0.3) is 11.0 Å². The molecule has 4 heteroatoms. The van der Waals surface area contributed by atoms with Crippen LogP contribution in [0.5, 0.6) is 0 Å². The van der Waals surface area contributed by atoms with E-state index >= 15 is 0 Å². The Morgan fingerprint density at radius 3 is 2.59 bits per heavy atom. The van der Waals surface area contributed by atoms with Crippen LogP contribution in [-0.2, 0) is 6.54 Å². The number of benzene rings is 2. The zero-order chi connectivity index (χ0) is 15.7. The van der Waals surface area contributed by atoms with Crippen molar-refractivity contribution in [3.05, 3.63) is 69.9 Å². The Morgan fingerprint density at radius 2 is 1.86 bits per heavy atom. The van der Waals surface area contributed by atoms with Gasteiger partial charge in [-0.2, -0.15) is 0 Å². The third kappa shape index (κ3) is 2.85. The summed E-state index contributed by atoms with van der Waals surface area (Å²) >= 11 is 5.99. The Morgan fingerprint density at radius 1 is 1.14 bits per heavy atom. The van der Waals surface area contributed by atoms with Crippen molar-refractivity contribution in [3.8, 4) is 0 Å². The van der Waals surface area contributed by atoms with Gasteiger partial charge in [0.2, 0.25) is 0 Å². The Hall–Kier alpha value is -2.26. The zero-order valence-electron chi connectivity index (χ0n) is 12.4. The van der Waals surface area contributed by atoms with E-state index in [2.05, 4.69) is 5.32 Å². The predicted molar refractivity (Wildman–Crippen MR) is 88.3 cm³/mol. The summed E-state index contributed by atoms with van der Waals surface area (Å²) in [6, 6.07) is 13.4. The minimum absolute atomic E-state index is 0.217. The lowest BCUT2D eigenvalue weighted by Gasteiger charge is -2.04. The lowest BCUT2D eigenvalue weighted by molar-refractivity contribution is 0.0924. The van der Waals surface area contributed by atoms with E-state index in [0.29, 0.717) is 22.9 Å². The molecule has 0 saturated carbocycles. The molecule has 0 aliphatic carbocycles. The minimum atomic E-state index is -0.217. The molecule has 1 amide bonds. The van der Waals surface area contributed by atoms with Crippen LogP contribution in [0, 0.1) is 13.8 Å². The van der Waals surface area contributed by atoms with E-state index in [0.717, 1.165) is 16.5 Å². The maximum absolute atomic E-state index is 12.3. The molecule has 0 unspecified atom stereocenters. The molecular weight excluding hydrogens is 298 g/mol. The van der Waals surface area contributed by atoms with Gasteiger partial charge in [0.25, 0.3) is 5.91 Å². The van der Waals surface area contributed by atoms with Crippen molar-refractivity contribution in [1.29, 1.82) is 0 Å². The summed E-state index contributed by atoms with van der Waals surface area (Å²) in [4.78, 5) is 12.3.